The summed E-state index contributed by atoms with van der Waals surface area (Å²) >= 11 is 0. The average Bonchev–Trinajstić information content (AvgIpc) is 3.18. The summed E-state index contributed by atoms with van der Waals surface area (Å²) in [5.41, 5.74) is 2.75. The number of hydrogen-bond donors (Lipinski definition) is 2. The lowest BCUT2D eigenvalue weighted by Gasteiger charge is -2.12. The van der Waals surface area contributed by atoms with Crippen molar-refractivity contribution in [3.8, 4) is 11.5 Å². The normalized spacial score (nSPS) is 15.5. The van der Waals surface area contributed by atoms with E-state index in [0.717, 1.165) is 34.0 Å². The first-order valence-electron chi connectivity index (χ1n) is 9.31. The Morgan fingerprint density at radius 3 is 2.85 bits per heavy atom. The molecule has 0 spiro atoms. The molecule has 5 rings (SSSR count). The molecule has 1 aromatic carbocycles. The van der Waals surface area contributed by atoms with Crippen LogP contribution in [0.3, 0.4) is 0 Å². The van der Waals surface area contributed by atoms with E-state index in [0.29, 0.717) is 18.5 Å². The molecule has 3 heterocycles. The number of ether oxygens (including phenoxy) is 2. The lowest BCUT2D eigenvalue weighted by Crippen LogP contribution is -2.10. The van der Waals surface area contributed by atoms with E-state index in [-0.39, 0.29) is 12.8 Å². The Kier molecular flexibility index (Phi) is 3.77. The van der Waals surface area contributed by atoms with Gasteiger partial charge in [-0.2, -0.15) is 9.97 Å². The van der Waals surface area contributed by atoms with Crippen molar-refractivity contribution < 1.29 is 9.47 Å². The molecule has 27 heavy (non-hydrogen) atoms. The van der Waals surface area contributed by atoms with Gasteiger partial charge < -0.3 is 24.7 Å². The summed E-state index contributed by atoms with van der Waals surface area (Å²) in [6.07, 6.45) is 4.19. The third-order valence-electron chi connectivity index (χ3n) is 4.78. The van der Waals surface area contributed by atoms with E-state index in [1.54, 1.807) is 0 Å². The van der Waals surface area contributed by atoms with Crippen LogP contribution in [0.15, 0.2) is 24.5 Å². The van der Waals surface area contributed by atoms with E-state index >= 15 is 0 Å². The van der Waals surface area contributed by atoms with Crippen LogP contribution < -0.4 is 20.1 Å². The molecule has 2 aliphatic rings. The van der Waals surface area contributed by atoms with Crippen molar-refractivity contribution in [2.24, 2.45) is 0 Å². The van der Waals surface area contributed by atoms with Crippen molar-refractivity contribution in [2.45, 2.75) is 45.3 Å². The maximum Gasteiger partial charge on any atom is 0.231 e. The van der Waals surface area contributed by atoms with Gasteiger partial charge in [-0.1, -0.05) is 6.07 Å². The number of fused-ring (bicyclic) bond motifs is 2. The summed E-state index contributed by atoms with van der Waals surface area (Å²) in [6.45, 7) is 5.12. The smallest absolute Gasteiger partial charge is 0.231 e. The molecular weight excluding hydrogens is 344 g/mol. The molecule has 0 saturated heterocycles. The van der Waals surface area contributed by atoms with Crippen LogP contribution in [-0.2, 0) is 6.54 Å². The third-order valence-corrected chi connectivity index (χ3v) is 4.78. The van der Waals surface area contributed by atoms with Gasteiger partial charge in [0.1, 0.15) is 0 Å². The Labute approximate surface area is 156 Å². The van der Waals surface area contributed by atoms with E-state index in [9.17, 15) is 0 Å². The molecule has 8 nitrogen and oxygen atoms in total. The fourth-order valence-electron chi connectivity index (χ4n) is 3.13. The van der Waals surface area contributed by atoms with E-state index in [2.05, 4.69) is 39.0 Å². The van der Waals surface area contributed by atoms with Crippen molar-refractivity contribution in [3.63, 3.8) is 0 Å². The Morgan fingerprint density at radius 1 is 1.19 bits per heavy atom. The van der Waals surface area contributed by atoms with Gasteiger partial charge in [0.25, 0.3) is 0 Å². The first-order valence-corrected chi connectivity index (χ1v) is 9.31. The maximum absolute atomic E-state index is 5.45. The number of anilines is 2. The minimum absolute atomic E-state index is 0.278. The molecule has 8 heteroatoms. The predicted octanol–water partition coefficient (Wildman–Crippen LogP) is 3.32. The van der Waals surface area contributed by atoms with E-state index in [1.165, 1.54) is 12.8 Å². The molecule has 2 aromatic heterocycles. The molecule has 0 radical (unpaired) electrons. The number of nitrogens with zero attached hydrogens (tertiary/aromatic N) is 4. The quantitative estimate of drug-likeness (QED) is 0.692. The van der Waals surface area contributed by atoms with Crippen LogP contribution in [0.2, 0.25) is 0 Å². The minimum Gasteiger partial charge on any atom is -0.454 e. The zero-order chi connectivity index (χ0) is 18.4. The van der Waals surface area contributed by atoms with Crippen molar-refractivity contribution in [2.75, 3.05) is 17.4 Å². The number of aromatic nitrogens is 4. The summed E-state index contributed by atoms with van der Waals surface area (Å²) < 4.78 is 12.9. The second kappa shape index (κ2) is 6.29. The molecule has 2 N–H and O–H groups in total. The Bertz CT molecular complexity index is 995. The van der Waals surface area contributed by atoms with Crippen LogP contribution >= 0.6 is 0 Å². The second-order valence-electron chi connectivity index (χ2n) is 7.27. The van der Waals surface area contributed by atoms with E-state index in [1.807, 2.05) is 24.5 Å². The lowest BCUT2D eigenvalue weighted by molar-refractivity contribution is 0.174. The Morgan fingerprint density at radius 2 is 2.04 bits per heavy atom. The summed E-state index contributed by atoms with van der Waals surface area (Å²) in [5, 5.41) is 6.81. The largest absolute Gasteiger partial charge is 0.454 e. The van der Waals surface area contributed by atoms with Crippen molar-refractivity contribution in [1.82, 2.24) is 19.5 Å². The number of imidazole rings is 1. The molecule has 0 amide bonds. The standard InChI is InChI=1S/C19H22N6O2/c1-11(2)25-9-21-16-17(22-13-4-5-13)23-19(24-18(16)25)20-8-12-3-6-14-15(7-12)27-10-26-14/h3,6-7,9,11,13H,4-5,8,10H2,1-2H3,(H2,20,22,23,24). The highest BCUT2D eigenvalue weighted by Crippen LogP contribution is 2.33. The Hall–Kier alpha value is -3.03. The fourth-order valence-corrected chi connectivity index (χ4v) is 3.13. The molecule has 1 aliphatic heterocycles. The summed E-state index contributed by atoms with van der Waals surface area (Å²) in [6, 6.07) is 6.70. The topological polar surface area (TPSA) is 86.1 Å². The highest BCUT2D eigenvalue weighted by molar-refractivity contribution is 5.84. The first-order chi connectivity index (χ1) is 13.2. The van der Waals surface area contributed by atoms with Gasteiger partial charge >= 0.3 is 0 Å². The maximum atomic E-state index is 5.45. The first kappa shape index (κ1) is 16.2. The molecule has 1 saturated carbocycles. The van der Waals surface area contributed by atoms with Gasteiger partial charge in [-0.25, -0.2) is 4.98 Å². The Balaban J connectivity index is 1.44. The van der Waals surface area contributed by atoms with Crippen LogP contribution in [0.5, 0.6) is 11.5 Å². The van der Waals surface area contributed by atoms with Gasteiger partial charge in [-0.3, -0.25) is 0 Å². The van der Waals surface area contributed by atoms with E-state index < -0.39 is 0 Å². The van der Waals surface area contributed by atoms with Gasteiger partial charge in [0.05, 0.1) is 6.33 Å². The van der Waals surface area contributed by atoms with Crippen LogP contribution in [0.1, 0.15) is 38.3 Å². The van der Waals surface area contributed by atoms with Crippen LogP contribution in [-0.4, -0.2) is 32.4 Å². The molecule has 3 aromatic rings. The fraction of sp³-hybridized carbons (Fsp3) is 0.421. The van der Waals surface area contributed by atoms with Crippen LogP contribution in [0, 0.1) is 0 Å². The van der Waals surface area contributed by atoms with Crippen molar-refractivity contribution in [1.29, 1.82) is 0 Å². The monoisotopic (exact) mass is 366 g/mol. The number of rotatable bonds is 6. The van der Waals surface area contributed by atoms with Gasteiger partial charge in [0.2, 0.25) is 12.7 Å². The van der Waals surface area contributed by atoms with Gasteiger partial charge in [0.15, 0.2) is 28.5 Å². The van der Waals surface area contributed by atoms with Gasteiger partial charge in [-0.05, 0) is 44.4 Å². The van der Waals surface area contributed by atoms with E-state index in [4.69, 9.17) is 14.5 Å². The number of nitrogens with one attached hydrogen (secondary N) is 2. The molecule has 0 bridgehead atoms. The number of benzene rings is 1. The highest BCUT2D eigenvalue weighted by atomic mass is 16.7. The summed E-state index contributed by atoms with van der Waals surface area (Å²) in [7, 11) is 0. The molecule has 0 unspecified atom stereocenters. The SMILES string of the molecule is CC(C)n1cnc2c(NC3CC3)nc(NCc3ccc4c(c3)OCO4)nc21. The molecule has 140 valence electrons. The molecular formula is C19H22N6O2. The summed E-state index contributed by atoms with van der Waals surface area (Å²) in [4.78, 5) is 13.9. The van der Waals surface area contributed by atoms with Crippen molar-refractivity contribution in [3.05, 3.63) is 30.1 Å². The zero-order valence-corrected chi connectivity index (χ0v) is 15.4. The van der Waals surface area contributed by atoms with Crippen LogP contribution in [0.4, 0.5) is 11.8 Å². The second-order valence-corrected chi connectivity index (χ2v) is 7.27. The van der Waals surface area contributed by atoms with Gasteiger partial charge in [-0.15, -0.1) is 0 Å². The molecule has 0 atom stereocenters. The summed E-state index contributed by atoms with van der Waals surface area (Å²) in [5.74, 6) is 2.95. The lowest BCUT2D eigenvalue weighted by atomic mass is 10.2. The van der Waals surface area contributed by atoms with Crippen molar-refractivity contribution >= 4 is 22.9 Å². The minimum atomic E-state index is 0.278. The highest BCUT2D eigenvalue weighted by Gasteiger charge is 2.24. The average molecular weight is 366 g/mol. The molecule has 1 fully saturated rings. The number of hydrogen-bond acceptors (Lipinski definition) is 7. The zero-order valence-electron chi connectivity index (χ0n) is 15.4. The molecule has 1 aliphatic carbocycles. The predicted molar refractivity (Wildman–Crippen MR) is 102 cm³/mol. The van der Waals surface area contributed by atoms with Crippen LogP contribution in [0.25, 0.3) is 11.2 Å². The van der Waals surface area contributed by atoms with Gasteiger partial charge in [0, 0.05) is 18.6 Å². The third kappa shape index (κ3) is 3.11.